The Kier molecular flexibility index (Phi) is 5.22. The van der Waals surface area contributed by atoms with Crippen LogP contribution in [0.1, 0.15) is 46.5 Å². The molecule has 0 aliphatic carbocycles. The van der Waals surface area contributed by atoms with Gasteiger partial charge >= 0.3 is 0 Å². The van der Waals surface area contributed by atoms with Crippen molar-refractivity contribution in [2.24, 2.45) is 11.7 Å². The number of nitrogens with two attached hydrogens (primary N) is 1. The van der Waals surface area contributed by atoms with Gasteiger partial charge in [-0.25, -0.2) is 5.01 Å². The highest BCUT2D eigenvalue weighted by Gasteiger charge is 2.27. The molecule has 0 aromatic rings. The van der Waals surface area contributed by atoms with Gasteiger partial charge in [0.1, 0.15) is 0 Å². The van der Waals surface area contributed by atoms with E-state index in [-0.39, 0.29) is 11.8 Å². The number of nitrogens with one attached hydrogen (secondary N) is 1. The summed E-state index contributed by atoms with van der Waals surface area (Å²) in [6.07, 6.45) is 4.33. The molecule has 4 nitrogen and oxygen atoms in total. The molecule has 1 saturated heterocycles. The Morgan fingerprint density at radius 3 is 2.50 bits per heavy atom. The van der Waals surface area contributed by atoms with Gasteiger partial charge < -0.3 is 5.73 Å². The number of hydrazine groups is 1. The van der Waals surface area contributed by atoms with Crippen LogP contribution >= 0.6 is 0 Å². The van der Waals surface area contributed by atoms with Crippen LogP contribution < -0.4 is 11.2 Å². The van der Waals surface area contributed by atoms with E-state index in [1.807, 2.05) is 6.92 Å². The van der Waals surface area contributed by atoms with Crippen LogP contribution in [0.2, 0.25) is 0 Å². The van der Waals surface area contributed by atoms with Crippen LogP contribution in [0.15, 0.2) is 0 Å². The SMILES string of the molecule is CC(CCN)C(=O)NN1C(C)CCCC1C. The molecule has 4 heteroatoms. The first-order valence-electron chi connectivity index (χ1n) is 6.35. The Morgan fingerprint density at radius 2 is 2.00 bits per heavy atom. The lowest BCUT2D eigenvalue weighted by molar-refractivity contribution is -0.133. The van der Waals surface area contributed by atoms with Gasteiger partial charge in [0.15, 0.2) is 0 Å². The molecule has 0 saturated carbocycles. The zero-order valence-corrected chi connectivity index (χ0v) is 10.7. The molecule has 0 spiro atoms. The van der Waals surface area contributed by atoms with E-state index in [2.05, 4.69) is 24.3 Å². The molecule has 1 aliphatic heterocycles. The second-order valence-corrected chi connectivity index (χ2v) is 4.99. The lowest BCUT2D eigenvalue weighted by Gasteiger charge is -2.39. The van der Waals surface area contributed by atoms with Gasteiger partial charge in [-0.05, 0) is 39.7 Å². The average molecular weight is 227 g/mol. The van der Waals surface area contributed by atoms with Gasteiger partial charge in [-0.2, -0.15) is 0 Å². The highest BCUT2D eigenvalue weighted by atomic mass is 16.2. The van der Waals surface area contributed by atoms with Crippen LogP contribution in [0.3, 0.4) is 0 Å². The van der Waals surface area contributed by atoms with Crippen LogP contribution in [-0.4, -0.2) is 29.5 Å². The van der Waals surface area contributed by atoms with E-state index in [0.717, 1.165) is 19.3 Å². The van der Waals surface area contributed by atoms with Crippen molar-refractivity contribution in [3.63, 3.8) is 0 Å². The van der Waals surface area contributed by atoms with Gasteiger partial charge in [0.25, 0.3) is 0 Å². The first-order valence-corrected chi connectivity index (χ1v) is 6.35. The summed E-state index contributed by atoms with van der Waals surface area (Å²) in [7, 11) is 0. The van der Waals surface area contributed by atoms with Crippen LogP contribution in [0.25, 0.3) is 0 Å². The quantitative estimate of drug-likeness (QED) is 0.760. The van der Waals surface area contributed by atoms with Gasteiger partial charge in [0, 0.05) is 18.0 Å². The van der Waals surface area contributed by atoms with E-state index < -0.39 is 0 Å². The summed E-state index contributed by atoms with van der Waals surface area (Å²) in [6.45, 7) is 6.84. The number of carbonyl (C=O) groups is 1. The fourth-order valence-corrected chi connectivity index (χ4v) is 2.26. The molecule has 1 rings (SSSR count). The Hall–Kier alpha value is -0.610. The molecule has 1 amide bonds. The van der Waals surface area contributed by atoms with Gasteiger partial charge in [0.05, 0.1) is 0 Å². The first-order chi connectivity index (χ1) is 7.56. The molecule has 1 fully saturated rings. The van der Waals surface area contributed by atoms with Crippen LogP contribution in [0.5, 0.6) is 0 Å². The highest BCUT2D eigenvalue weighted by molar-refractivity contribution is 5.77. The highest BCUT2D eigenvalue weighted by Crippen LogP contribution is 2.20. The minimum atomic E-state index is 0.00586. The largest absolute Gasteiger partial charge is 0.330 e. The average Bonchev–Trinajstić information content (AvgIpc) is 2.23. The molecule has 3 atom stereocenters. The maximum atomic E-state index is 11.9. The summed E-state index contributed by atoms with van der Waals surface area (Å²) in [5.74, 6) is 0.109. The van der Waals surface area contributed by atoms with E-state index in [9.17, 15) is 4.79 Å². The fraction of sp³-hybridized carbons (Fsp3) is 0.917. The minimum Gasteiger partial charge on any atom is -0.330 e. The molecule has 0 aromatic heterocycles. The van der Waals surface area contributed by atoms with Crippen molar-refractivity contribution in [1.29, 1.82) is 0 Å². The number of carbonyl (C=O) groups excluding carboxylic acids is 1. The Labute approximate surface area is 98.5 Å². The topological polar surface area (TPSA) is 58.4 Å². The van der Waals surface area contributed by atoms with E-state index in [1.54, 1.807) is 0 Å². The smallest absolute Gasteiger partial charge is 0.237 e. The molecular weight excluding hydrogens is 202 g/mol. The number of amides is 1. The molecule has 16 heavy (non-hydrogen) atoms. The first kappa shape index (κ1) is 13.5. The number of hydrogen-bond donors (Lipinski definition) is 2. The molecule has 0 aromatic carbocycles. The maximum absolute atomic E-state index is 11.9. The normalized spacial score (nSPS) is 28.8. The van der Waals surface area contributed by atoms with Gasteiger partial charge in [0.2, 0.25) is 5.91 Å². The Bertz CT molecular complexity index is 222. The standard InChI is InChI=1S/C12H25N3O/c1-9(7-8-13)12(16)14-15-10(2)5-4-6-11(15)3/h9-11H,4-8,13H2,1-3H3,(H,14,16). The third-order valence-corrected chi connectivity index (χ3v) is 3.48. The maximum Gasteiger partial charge on any atom is 0.237 e. The summed E-state index contributed by atoms with van der Waals surface area (Å²) < 4.78 is 0. The van der Waals surface area contributed by atoms with Crippen LogP contribution in [0, 0.1) is 5.92 Å². The number of hydrogen-bond acceptors (Lipinski definition) is 3. The summed E-state index contributed by atoms with van der Waals surface area (Å²) in [5.41, 5.74) is 8.50. The third kappa shape index (κ3) is 3.46. The molecule has 1 heterocycles. The monoisotopic (exact) mass is 227 g/mol. The second kappa shape index (κ2) is 6.21. The number of nitrogens with zero attached hydrogens (tertiary/aromatic N) is 1. The molecule has 0 radical (unpaired) electrons. The van der Waals surface area contributed by atoms with Crippen molar-refractivity contribution in [2.75, 3.05) is 6.54 Å². The molecule has 0 bridgehead atoms. The lowest BCUT2D eigenvalue weighted by atomic mass is 9.99. The zero-order chi connectivity index (χ0) is 12.1. The lowest BCUT2D eigenvalue weighted by Crippen LogP contribution is -2.55. The van der Waals surface area contributed by atoms with Crippen molar-refractivity contribution in [1.82, 2.24) is 10.4 Å². The Balaban J connectivity index is 2.47. The van der Waals surface area contributed by atoms with Crippen molar-refractivity contribution in [3.8, 4) is 0 Å². The van der Waals surface area contributed by atoms with E-state index in [4.69, 9.17) is 5.73 Å². The molecule has 3 N–H and O–H groups in total. The van der Waals surface area contributed by atoms with Crippen molar-refractivity contribution in [3.05, 3.63) is 0 Å². The van der Waals surface area contributed by atoms with Crippen LogP contribution in [0.4, 0.5) is 0 Å². The van der Waals surface area contributed by atoms with Crippen LogP contribution in [-0.2, 0) is 4.79 Å². The summed E-state index contributed by atoms with van der Waals surface area (Å²) >= 11 is 0. The zero-order valence-electron chi connectivity index (χ0n) is 10.7. The molecule has 3 unspecified atom stereocenters. The van der Waals surface area contributed by atoms with E-state index >= 15 is 0 Å². The summed E-state index contributed by atoms with van der Waals surface area (Å²) in [5, 5.41) is 2.11. The van der Waals surface area contributed by atoms with Crippen molar-refractivity contribution >= 4 is 5.91 Å². The van der Waals surface area contributed by atoms with Gasteiger partial charge in [-0.1, -0.05) is 13.3 Å². The number of piperidine rings is 1. The fourth-order valence-electron chi connectivity index (χ4n) is 2.26. The predicted octanol–water partition coefficient (Wildman–Crippen LogP) is 1.27. The summed E-state index contributed by atoms with van der Waals surface area (Å²) in [4.78, 5) is 11.9. The molecule has 94 valence electrons. The van der Waals surface area contributed by atoms with Gasteiger partial charge in [-0.3, -0.25) is 10.2 Å². The van der Waals surface area contributed by atoms with Crippen molar-refractivity contribution < 1.29 is 4.79 Å². The second-order valence-electron chi connectivity index (χ2n) is 4.99. The Morgan fingerprint density at radius 1 is 1.44 bits per heavy atom. The third-order valence-electron chi connectivity index (χ3n) is 3.48. The molecule has 1 aliphatic rings. The number of rotatable bonds is 4. The van der Waals surface area contributed by atoms with E-state index in [0.29, 0.717) is 18.6 Å². The summed E-state index contributed by atoms with van der Waals surface area (Å²) in [6, 6.07) is 0.885. The predicted molar refractivity (Wildman–Crippen MR) is 65.6 cm³/mol. The van der Waals surface area contributed by atoms with Crippen molar-refractivity contribution in [2.45, 2.75) is 58.5 Å². The minimum absolute atomic E-state index is 0.00586. The van der Waals surface area contributed by atoms with E-state index in [1.165, 1.54) is 6.42 Å². The van der Waals surface area contributed by atoms with Gasteiger partial charge in [-0.15, -0.1) is 0 Å². The molecular formula is C12H25N3O.